The number of nitrogens with zero attached hydrogens (tertiary/aromatic N) is 1. The standard InChI is InChI=1S/C8H17N3O2/c1-6(3-4-9)8(13)11(2)5-7(10)12/h6H,3-5,9H2,1-2H3,(H2,10,12). The molecule has 0 saturated heterocycles. The van der Waals surface area contributed by atoms with E-state index in [9.17, 15) is 9.59 Å². The second kappa shape index (κ2) is 5.53. The lowest BCUT2D eigenvalue weighted by Gasteiger charge is -2.19. The number of rotatable bonds is 5. The lowest BCUT2D eigenvalue weighted by atomic mass is 10.1. The highest BCUT2D eigenvalue weighted by molar-refractivity contribution is 5.84. The van der Waals surface area contributed by atoms with E-state index in [-0.39, 0.29) is 18.4 Å². The first-order valence-corrected chi connectivity index (χ1v) is 4.22. The van der Waals surface area contributed by atoms with Gasteiger partial charge in [-0.2, -0.15) is 0 Å². The van der Waals surface area contributed by atoms with Crippen molar-refractivity contribution in [3.8, 4) is 0 Å². The number of nitrogens with two attached hydrogens (primary N) is 2. The van der Waals surface area contributed by atoms with Gasteiger partial charge in [0.15, 0.2) is 0 Å². The number of likely N-dealkylation sites (N-methyl/N-ethyl adjacent to an activating group) is 1. The summed E-state index contributed by atoms with van der Waals surface area (Å²) < 4.78 is 0. The molecule has 0 spiro atoms. The van der Waals surface area contributed by atoms with Gasteiger partial charge in [-0.3, -0.25) is 9.59 Å². The molecule has 0 saturated carbocycles. The molecule has 0 aliphatic carbocycles. The van der Waals surface area contributed by atoms with Crippen molar-refractivity contribution in [3.05, 3.63) is 0 Å². The smallest absolute Gasteiger partial charge is 0.237 e. The Kier molecular flexibility index (Phi) is 5.06. The Bertz CT molecular complexity index is 194. The summed E-state index contributed by atoms with van der Waals surface area (Å²) in [5.41, 5.74) is 10.3. The molecule has 0 aromatic rings. The van der Waals surface area contributed by atoms with E-state index in [0.29, 0.717) is 13.0 Å². The van der Waals surface area contributed by atoms with Crippen LogP contribution in [0.5, 0.6) is 0 Å². The van der Waals surface area contributed by atoms with Crippen LogP contribution in [0.25, 0.3) is 0 Å². The van der Waals surface area contributed by atoms with E-state index in [1.54, 1.807) is 14.0 Å². The topological polar surface area (TPSA) is 89.4 Å². The molecular weight excluding hydrogens is 170 g/mol. The Morgan fingerprint density at radius 2 is 2.00 bits per heavy atom. The van der Waals surface area contributed by atoms with Gasteiger partial charge in [-0.05, 0) is 13.0 Å². The highest BCUT2D eigenvalue weighted by Crippen LogP contribution is 2.04. The highest BCUT2D eigenvalue weighted by atomic mass is 16.2. The fraction of sp³-hybridized carbons (Fsp3) is 0.750. The molecule has 0 fully saturated rings. The lowest BCUT2D eigenvalue weighted by Crippen LogP contribution is -2.38. The van der Waals surface area contributed by atoms with Gasteiger partial charge in [-0.1, -0.05) is 6.92 Å². The van der Waals surface area contributed by atoms with Gasteiger partial charge >= 0.3 is 0 Å². The zero-order valence-corrected chi connectivity index (χ0v) is 8.12. The Morgan fingerprint density at radius 1 is 1.46 bits per heavy atom. The predicted octanol–water partition coefficient (Wildman–Crippen LogP) is -1.08. The van der Waals surface area contributed by atoms with Gasteiger partial charge < -0.3 is 16.4 Å². The Labute approximate surface area is 78.1 Å². The van der Waals surface area contributed by atoms with E-state index < -0.39 is 5.91 Å². The SMILES string of the molecule is CC(CCN)C(=O)N(C)CC(N)=O. The quantitative estimate of drug-likeness (QED) is 0.573. The van der Waals surface area contributed by atoms with Crippen molar-refractivity contribution < 1.29 is 9.59 Å². The van der Waals surface area contributed by atoms with Crippen molar-refractivity contribution in [1.82, 2.24) is 4.90 Å². The summed E-state index contributed by atoms with van der Waals surface area (Å²) in [6.45, 7) is 2.22. The molecule has 2 amide bonds. The third-order valence-electron chi connectivity index (χ3n) is 1.79. The van der Waals surface area contributed by atoms with Crippen LogP contribution in [0, 0.1) is 5.92 Å². The summed E-state index contributed by atoms with van der Waals surface area (Å²) in [7, 11) is 1.56. The van der Waals surface area contributed by atoms with Gasteiger partial charge in [0.05, 0.1) is 6.54 Å². The van der Waals surface area contributed by atoms with Gasteiger partial charge in [0.2, 0.25) is 11.8 Å². The zero-order valence-electron chi connectivity index (χ0n) is 8.12. The van der Waals surface area contributed by atoms with Gasteiger partial charge in [-0.25, -0.2) is 0 Å². The maximum absolute atomic E-state index is 11.4. The second-order valence-electron chi connectivity index (χ2n) is 3.14. The van der Waals surface area contributed by atoms with E-state index in [1.165, 1.54) is 4.90 Å². The fourth-order valence-electron chi connectivity index (χ4n) is 1.06. The molecule has 0 aromatic carbocycles. The van der Waals surface area contributed by atoms with Crippen molar-refractivity contribution >= 4 is 11.8 Å². The average molecular weight is 187 g/mol. The van der Waals surface area contributed by atoms with Crippen LogP contribution in [0.3, 0.4) is 0 Å². The average Bonchev–Trinajstić information content (AvgIpc) is 2.02. The van der Waals surface area contributed by atoms with Crippen LogP contribution in [0.1, 0.15) is 13.3 Å². The molecule has 1 unspecified atom stereocenters. The predicted molar refractivity (Wildman–Crippen MR) is 49.7 cm³/mol. The Morgan fingerprint density at radius 3 is 2.38 bits per heavy atom. The van der Waals surface area contributed by atoms with Crippen LogP contribution in [-0.4, -0.2) is 36.9 Å². The van der Waals surface area contributed by atoms with Gasteiger partial charge in [0, 0.05) is 13.0 Å². The molecule has 0 aromatic heterocycles. The third kappa shape index (κ3) is 4.47. The molecule has 4 N–H and O–H groups in total. The summed E-state index contributed by atoms with van der Waals surface area (Å²) in [6, 6.07) is 0. The summed E-state index contributed by atoms with van der Waals surface area (Å²) in [5, 5.41) is 0. The molecule has 0 rings (SSSR count). The van der Waals surface area contributed by atoms with Crippen LogP contribution in [-0.2, 0) is 9.59 Å². The lowest BCUT2D eigenvalue weighted by molar-refractivity contribution is -0.137. The van der Waals surface area contributed by atoms with E-state index in [0.717, 1.165) is 0 Å². The number of carbonyl (C=O) groups is 2. The monoisotopic (exact) mass is 187 g/mol. The normalized spacial score (nSPS) is 12.2. The molecule has 5 heteroatoms. The third-order valence-corrected chi connectivity index (χ3v) is 1.79. The number of primary amides is 1. The Hall–Kier alpha value is -1.10. The number of hydrogen-bond acceptors (Lipinski definition) is 3. The molecule has 1 atom stereocenters. The maximum atomic E-state index is 11.4. The minimum Gasteiger partial charge on any atom is -0.368 e. The van der Waals surface area contributed by atoms with Gasteiger partial charge in [-0.15, -0.1) is 0 Å². The minimum atomic E-state index is -0.504. The molecule has 0 heterocycles. The first kappa shape index (κ1) is 11.9. The summed E-state index contributed by atoms with van der Waals surface area (Å²) in [4.78, 5) is 23.3. The van der Waals surface area contributed by atoms with Gasteiger partial charge in [0.1, 0.15) is 0 Å². The highest BCUT2D eigenvalue weighted by Gasteiger charge is 2.17. The van der Waals surface area contributed by atoms with E-state index in [2.05, 4.69) is 0 Å². The summed E-state index contributed by atoms with van der Waals surface area (Å²) in [5.74, 6) is -0.741. The number of hydrogen-bond donors (Lipinski definition) is 2. The molecule has 0 radical (unpaired) electrons. The first-order valence-electron chi connectivity index (χ1n) is 4.22. The number of carbonyl (C=O) groups excluding carboxylic acids is 2. The van der Waals surface area contributed by atoms with E-state index in [1.807, 2.05) is 0 Å². The summed E-state index contributed by atoms with van der Waals surface area (Å²) >= 11 is 0. The van der Waals surface area contributed by atoms with Crippen LogP contribution in [0.15, 0.2) is 0 Å². The molecule has 0 bridgehead atoms. The molecule has 0 aliphatic rings. The Balaban J connectivity index is 4.01. The van der Waals surface area contributed by atoms with Crippen molar-refractivity contribution in [1.29, 1.82) is 0 Å². The van der Waals surface area contributed by atoms with Crippen molar-refractivity contribution in [2.24, 2.45) is 17.4 Å². The minimum absolute atomic E-state index is 0.0340. The van der Waals surface area contributed by atoms with E-state index in [4.69, 9.17) is 11.5 Å². The molecule has 0 aliphatic heterocycles. The van der Waals surface area contributed by atoms with Crippen LogP contribution < -0.4 is 11.5 Å². The molecule has 76 valence electrons. The fourth-order valence-corrected chi connectivity index (χ4v) is 1.06. The van der Waals surface area contributed by atoms with Gasteiger partial charge in [0.25, 0.3) is 0 Å². The summed E-state index contributed by atoms with van der Waals surface area (Å²) in [6.07, 6.45) is 0.627. The van der Waals surface area contributed by atoms with Crippen LogP contribution in [0.4, 0.5) is 0 Å². The first-order chi connectivity index (χ1) is 5.99. The largest absolute Gasteiger partial charge is 0.368 e. The number of amides is 2. The molecule has 13 heavy (non-hydrogen) atoms. The van der Waals surface area contributed by atoms with Crippen molar-refractivity contribution in [2.45, 2.75) is 13.3 Å². The maximum Gasteiger partial charge on any atom is 0.237 e. The second-order valence-corrected chi connectivity index (χ2v) is 3.14. The van der Waals surface area contributed by atoms with Crippen molar-refractivity contribution in [2.75, 3.05) is 20.1 Å². The van der Waals surface area contributed by atoms with Crippen LogP contribution in [0.2, 0.25) is 0 Å². The zero-order chi connectivity index (χ0) is 10.4. The molecule has 5 nitrogen and oxygen atoms in total. The van der Waals surface area contributed by atoms with E-state index >= 15 is 0 Å². The van der Waals surface area contributed by atoms with Crippen molar-refractivity contribution in [3.63, 3.8) is 0 Å². The molecular formula is C8H17N3O2. The van der Waals surface area contributed by atoms with Crippen LogP contribution >= 0.6 is 0 Å².